The summed E-state index contributed by atoms with van der Waals surface area (Å²) in [5.74, 6) is -3.91. The van der Waals surface area contributed by atoms with E-state index >= 15 is 0 Å². The molecule has 0 bridgehead atoms. The lowest BCUT2D eigenvalue weighted by molar-refractivity contribution is -0.134. The van der Waals surface area contributed by atoms with E-state index in [1.165, 1.54) is 65.2 Å². The Bertz CT molecular complexity index is 1240. The van der Waals surface area contributed by atoms with Crippen molar-refractivity contribution in [2.24, 2.45) is 0 Å². The summed E-state index contributed by atoms with van der Waals surface area (Å²) in [6.45, 7) is 9.30. The molecule has 2 aromatic rings. The van der Waals surface area contributed by atoms with Gasteiger partial charge in [-0.25, -0.2) is 19.2 Å². The molecule has 0 radical (unpaired) electrons. The molecule has 0 aromatic heterocycles. The van der Waals surface area contributed by atoms with Gasteiger partial charge in [0, 0.05) is 71.7 Å². The number of carbonyl (C=O) groups is 4. The Hall–Kier alpha value is -3.78. The lowest BCUT2D eigenvalue weighted by atomic mass is 10.2. The Morgan fingerprint density at radius 3 is 1.84 bits per heavy atom. The molecular weight excluding hydrogens is 594 g/mol. The number of rotatable bonds is 10. The molecular formula is C30H37N3O8S2. The van der Waals surface area contributed by atoms with E-state index < -0.39 is 23.9 Å². The van der Waals surface area contributed by atoms with Crippen LogP contribution in [0.5, 0.6) is 0 Å². The quantitative estimate of drug-likeness (QED) is 0.215. The number of thioether (sulfide) groups is 1. The smallest absolute Gasteiger partial charge is 0.328 e. The second kappa shape index (κ2) is 18.7. The first-order chi connectivity index (χ1) is 20.5. The van der Waals surface area contributed by atoms with Crippen LogP contribution in [-0.4, -0.2) is 106 Å². The molecule has 1 fully saturated rings. The molecule has 0 aliphatic carbocycles. The van der Waals surface area contributed by atoms with Crippen LogP contribution in [-0.2, 0) is 19.2 Å². The average molecular weight is 632 g/mol. The normalized spacial score (nSPS) is 14.6. The van der Waals surface area contributed by atoms with Gasteiger partial charge in [-0.3, -0.25) is 0 Å². The minimum atomic E-state index is -1.26. The first-order valence-corrected chi connectivity index (χ1v) is 15.3. The largest absolute Gasteiger partial charge is 0.478 e. The van der Waals surface area contributed by atoms with Gasteiger partial charge in [0.1, 0.15) is 0 Å². The first kappa shape index (κ1) is 35.4. The molecule has 232 valence electrons. The van der Waals surface area contributed by atoms with Gasteiger partial charge in [-0.15, -0.1) is 11.8 Å². The van der Waals surface area contributed by atoms with Gasteiger partial charge in [0.05, 0.1) is 11.4 Å². The fourth-order valence-electron chi connectivity index (χ4n) is 4.12. The number of likely N-dealkylation sites (N-methyl/N-ethyl adjacent to an activating group) is 1. The van der Waals surface area contributed by atoms with Gasteiger partial charge in [0.25, 0.3) is 0 Å². The second-order valence-corrected chi connectivity index (χ2v) is 11.7. The van der Waals surface area contributed by atoms with Gasteiger partial charge in [-0.05, 0) is 56.1 Å². The molecule has 13 heteroatoms. The highest BCUT2D eigenvalue weighted by molar-refractivity contribution is 8.00. The highest BCUT2D eigenvalue weighted by atomic mass is 32.2. The third kappa shape index (κ3) is 13.4. The summed E-state index contributed by atoms with van der Waals surface area (Å²) in [7, 11) is 2.22. The Balaban J connectivity index is 0.000000334. The SMILES string of the molecule is CCSc1ccc2c(c1)N(CCCN1CCN(C)CC1)c1ccccc1S2.O=C(O)/C=C/C(=O)O.O=C(O)/C=C/C(=O)O. The molecule has 0 atom stereocenters. The number of carboxylic acid groups (broad SMARTS) is 4. The Kier molecular flexibility index (Phi) is 15.4. The predicted molar refractivity (Wildman–Crippen MR) is 168 cm³/mol. The van der Waals surface area contributed by atoms with Crippen LogP contribution >= 0.6 is 23.5 Å². The van der Waals surface area contributed by atoms with Crippen LogP contribution in [0.25, 0.3) is 0 Å². The van der Waals surface area contributed by atoms with E-state index in [1.807, 2.05) is 23.5 Å². The maximum atomic E-state index is 9.55. The zero-order chi connectivity index (χ0) is 31.8. The Morgan fingerprint density at radius 1 is 0.767 bits per heavy atom. The van der Waals surface area contributed by atoms with Gasteiger partial charge >= 0.3 is 23.9 Å². The molecule has 0 unspecified atom stereocenters. The van der Waals surface area contributed by atoms with E-state index in [0.717, 1.165) is 12.3 Å². The van der Waals surface area contributed by atoms with E-state index in [4.69, 9.17) is 20.4 Å². The number of carboxylic acids is 4. The molecule has 0 saturated carbocycles. The van der Waals surface area contributed by atoms with Crippen molar-refractivity contribution in [1.29, 1.82) is 0 Å². The fourth-order valence-corrected chi connectivity index (χ4v) is 5.88. The molecule has 4 rings (SSSR count). The van der Waals surface area contributed by atoms with Crippen LogP contribution in [0.1, 0.15) is 13.3 Å². The minimum absolute atomic E-state index is 0.558. The van der Waals surface area contributed by atoms with Gasteiger partial charge < -0.3 is 35.1 Å². The van der Waals surface area contributed by atoms with Crippen molar-refractivity contribution in [3.05, 3.63) is 66.8 Å². The second-order valence-electron chi connectivity index (χ2n) is 9.30. The summed E-state index contributed by atoms with van der Waals surface area (Å²) in [6.07, 6.45) is 3.43. The molecule has 2 aromatic carbocycles. The van der Waals surface area contributed by atoms with Crippen molar-refractivity contribution in [3.8, 4) is 0 Å². The fraction of sp³-hybridized carbons (Fsp3) is 0.333. The first-order valence-electron chi connectivity index (χ1n) is 13.5. The molecule has 0 amide bonds. The molecule has 0 spiro atoms. The zero-order valence-corrected chi connectivity index (χ0v) is 25.7. The summed E-state index contributed by atoms with van der Waals surface area (Å²) in [5.41, 5.74) is 2.75. The molecule has 2 aliphatic rings. The number of nitrogens with zero attached hydrogens (tertiary/aromatic N) is 3. The maximum Gasteiger partial charge on any atom is 0.328 e. The van der Waals surface area contributed by atoms with Gasteiger partial charge in [-0.2, -0.15) is 0 Å². The van der Waals surface area contributed by atoms with Crippen molar-refractivity contribution in [1.82, 2.24) is 9.80 Å². The van der Waals surface area contributed by atoms with Crippen LogP contribution in [0.15, 0.2) is 81.5 Å². The van der Waals surface area contributed by atoms with Crippen LogP contribution in [0, 0.1) is 0 Å². The van der Waals surface area contributed by atoms with Gasteiger partial charge in [-0.1, -0.05) is 30.8 Å². The predicted octanol–water partition coefficient (Wildman–Crippen LogP) is 4.46. The van der Waals surface area contributed by atoms with Crippen LogP contribution in [0.2, 0.25) is 0 Å². The molecule has 2 aliphatic heterocycles. The van der Waals surface area contributed by atoms with Crippen molar-refractivity contribution in [2.75, 3.05) is 57.0 Å². The third-order valence-corrected chi connectivity index (χ3v) is 8.10. The number of benzene rings is 2. The lowest BCUT2D eigenvalue weighted by Gasteiger charge is -2.35. The highest BCUT2D eigenvalue weighted by Crippen LogP contribution is 2.49. The zero-order valence-electron chi connectivity index (χ0n) is 24.1. The van der Waals surface area contributed by atoms with E-state index in [-0.39, 0.29) is 0 Å². The maximum absolute atomic E-state index is 9.55. The number of hydrogen-bond donors (Lipinski definition) is 4. The molecule has 43 heavy (non-hydrogen) atoms. The van der Waals surface area contributed by atoms with Crippen LogP contribution in [0.3, 0.4) is 0 Å². The summed E-state index contributed by atoms with van der Waals surface area (Å²) < 4.78 is 0. The molecule has 4 N–H and O–H groups in total. The number of anilines is 2. The van der Waals surface area contributed by atoms with Crippen LogP contribution < -0.4 is 4.90 Å². The Morgan fingerprint density at radius 2 is 1.30 bits per heavy atom. The molecule has 11 nitrogen and oxygen atoms in total. The minimum Gasteiger partial charge on any atom is -0.478 e. The number of piperazine rings is 1. The number of fused-ring (bicyclic) bond motifs is 2. The number of para-hydroxylation sites is 1. The van der Waals surface area contributed by atoms with Crippen molar-refractivity contribution in [3.63, 3.8) is 0 Å². The summed E-state index contributed by atoms with van der Waals surface area (Å²) >= 11 is 3.84. The van der Waals surface area contributed by atoms with Crippen LogP contribution in [0.4, 0.5) is 11.4 Å². The number of hydrogen-bond acceptors (Lipinski definition) is 9. The lowest BCUT2D eigenvalue weighted by Crippen LogP contribution is -2.45. The highest BCUT2D eigenvalue weighted by Gasteiger charge is 2.23. The monoisotopic (exact) mass is 631 g/mol. The van der Waals surface area contributed by atoms with Gasteiger partial charge in [0.2, 0.25) is 0 Å². The van der Waals surface area contributed by atoms with Crippen molar-refractivity contribution >= 4 is 58.8 Å². The topological polar surface area (TPSA) is 159 Å². The van der Waals surface area contributed by atoms with E-state index in [9.17, 15) is 19.2 Å². The standard InChI is InChI=1S/C22H29N3S2.2C4H4O4/c1-3-26-18-9-10-22-20(17-18)25(19-7-4-5-8-21(19)27-22)12-6-11-24-15-13-23(2)14-16-24;2*5-3(6)1-2-4(7)8/h4-5,7-10,17H,3,6,11-16H2,1-2H3;2*1-2H,(H,5,6)(H,7,8)/b;2*2-1+. The van der Waals surface area contributed by atoms with Crippen molar-refractivity contribution in [2.45, 2.75) is 28.0 Å². The average Bonchev–Trinajstić information content (AvgIpc) is 2.96. The van der Waals surface area contributed by atoms with Gasteiger partial charge in [0.15, 0.2) is 0 Å². The van der Waals surface area contributed by atoms with Crippen molar-refractivity contribution < 1.29 is 39.6 Å². The van der Waals surface area contributed by atoms with E-state index in [2.05, 4.69) is 71.1 Å². The number of aliphatic carboxylic acids is 4. The molecule has 2 heterocycles. The summed E-state index contributed by atoms with van der Waals surface area (Å²) in [4.78, 5) is 49.9. The van der Waals surface area contributed by atoms with E-state index in [1.54, 1.807) is 0 Å². The summed E-state index contributed by atoms with van der Waals surface area (Å²) in [5, 5.41) is 31.2. The molecule has 1 saturated heterocycles. The van der Waals surface area contributed by atoms with E-state index in [0.29, 0.717) is 24.3 Å². The third-order valence-electron chi connectivity index (χ3n) is 6.10. The summed E-state index contributed by atoms with van der Waals surface area (Å²) in [6, 6.07) is 15.8. The Labute approximate surface area is 259 Å².